The van der Waals surface area contributed by atoms with Gasteiger partial charge in [-0.25, -0.2) is 13.8 Å². The molecule has 0 unspecified atom stereocenters. The van der Waals surface area contributed by atoms with Gasteiger partial charge in [0.25, 0.3) is 0 Å². The molecule has 1 aliphatic rings. The third-order valence-corrected chi connectivity index (χ3v) is 4.04. The summed E-state index contributed by atoms with van der Waals surface area (Å²) in [4.78, 5) is 20.5. The van der Waals surface area contributed by atoms with Crippen LogP contribution in [0.5, 0.6) is 0 Å². The van der Waals surface area contributed by atoms with Crippen molar-refractivity contribution in [3.63, 3.8) is 0 Å². The van der Waals surface area contributed by atoms with Crippen LogP contribution in [0.2, 0.25) is 0 Å². The minimum atomic E-state index is -0.938. The highest BCUT2D eigenvalue weighted by Gasteiger charge is 2.31. The summed E-state index contributed by atoms with van der Waals surface area (Å²) in [6.07, 6.45) is 5.01. The lowest BCUT2D eigenvalue weighted by molar-refractivity contribution is -0.116. The molecule has 7 heteroatoms. The zero-order valence-electron chi connectivity index (χ0n) is 12.4. The number of rotatable bonds is 2. The van der Waals surface area contributed by atoms with Crippen LogP contribution in [0.25, 0.3) is 5.69 Å². The lowest BCUT2D eigenvalue weighted by Gasteiger charge is -2.23. The summed E-state index contributed by atoms with van der Waals surface area (Å²) < 4.78 is 28.5. The van der Waals surface area contributed by atoms with E-state index in [0.717, 1.165) is 17.8 Å². The number of amides is 1. The highest BCUT2D eigenvalue weighted by Crippen LogP contribution is 2.37. The van der Waals surface area contributed by atoms with Gasteiger partial charge in [-0.3, -0.25) is 14.3 Å². The van der Waals surface area contributed by atoms with E-state index in [1.165, 1.54) is 6.07 Å². The fraction of sp³-hybridized carbons (Fsp3) is 0.118. The summed E-state index contributed by atoms with van der Waals surface area (Å²) in [6.45, 7) is 0. The predicted octanol–water partition coefficient (Wildman–Crippen LogP) is 3.02. The number of aromatic nitrogens is 3. The van der Waals surface area contributed by atoms with Gasteiger partial charge in [0.1, 0.15) is 12.1 Å². The molecule has 0 aliphatic carbocycles. The highest BCUT2D eigenvalue weighted by atomic mass is 19.2. The molecule has 0 spiro atoms. The van der Waals surface area contributed by atoms with Crippen molar-refractivity contribution in [2.75, 3.05) is 5.32 Å². The van der Waals surface area contributed by atoms with Crippen molar-refractivity contribution < 1.29 is 13.6 Å². The van der Waals surface area contributed by atoms with Crippen LogP contribution in [0.3, 0.4) is 0 Å². The molecule has 24 heavy (non-hydrogen) atoms. The molecule has 120 valence electrons. The quantitative estimate of drug-likeness (QED) is 0.787. The van der Waals surface area contributed by atoms with Crippen molar-refractivity contribution in [3.8, 4) is 5.69 Å². The number of benzene rings is 1. The molecule has 1 amide bonds. The Hall–Kier alpha value is -3.09. The van der Waals surface area contributed by atoms with E-state index in [0.29, 0.717) is 17.1 Å². The molecule has 1 atom stereocenters. The molecule has 5 nitrogen and oxygen atoms in total. The predicted molar refractivity (Wildman–Crippen MR) is 82.8 cm³/mol. The van der Waals surface area contributed by atoms with Crippen LogP contribution in [-0.2, 0) is 4.79 Å². The third-order valence-electron chi connectivity index (χ3n) is 4.04. The minimum Gasteiger partial charge on any atom is -0.310 e. The van der Waals surface area contributed by atoms with E-state index in [-0.39, 0.29) is 12.3 Å². The Labute approximate surface area is 136 Å². The molecule has 2 aromatic heterocycles. The fourth-order valence-corrected chi connectivity index (χ4v) is 2.90. The van der Waals surface area contributed by atoms with Crippen molar-refractivity contribution in [2.24, 2.45) is 0 Å². The Bertz CT molecular complexity index is 924. The Morgan fingerprint density at radius 1 is 1.21 bits per heavy atom. The van der Waals surface area contributed by atoms with Crippen molar-refractivity contribution in [3.05, 3.63) is 71.9 Å². The largest absolute Gasteiger partial charge is 0.310 e. The smallest absolute Gasteiger partial charge is 0.226 e. The summed E-state index contributed by atoms with van der Waals surface area (Å²) in [5.74, 6) is -1.97. The average Bonchev–Trinajstić information content (AvgIpc) is 3.01. The van der Waals surface area contributed by atoms with E-state index < -0.39 is 17.6 Å². The molecule has 0 radical (unpaired) electrons. The van der Waals surface area contributed by atoms with Gasteiger partial charge in [0, 0.05) is 18.5 Å². The first-order valence-electron chi connectivity index (χ1n) is 7.36. The van der Waals surface area contributed by atoms with Gasteiger partial charge < -0.3 is 5.32 Å². The Kier molecular flexibility index (Phi) is 3.34. The van der Waals surface area contributed by atoms with Gasteiger partial charge in [-0.05, 0) is 29.8 Å². The zero-order valence-corrected chi connectivity index (χ0v) is 12.4. The summed E-state index contributed by atoms with van der Waals surface area (Å²) in [7, 11) is 0. The van der Waals surface area contributed by atoms with Crippen molar-refractivity contribution in [2.45, 2.75) is 12.3 Å². The molecule has 0 saturated heterocycles. The number of pyridine rings is 1. The number of anilines is 1. The van der Waals surface area contributed by atoms with Gasteiger partial charge in [-0.2, -0.15) is 0 Å². The first-order valence-corrected chi connectivity index (χ1v) is 7.36. The standard InChI is InChI=1S/C17H12F2N4O/c18-13-4-3-10(6-14(13)19)12-7-15(24)22-17-16(12)21-9-23(17)11-2-1-5-20-8-11/h1-6,8-9,12H,7H2,(H,22,24)/t12-/m1/s1. The fourth-order valence-electron chi connectivity index (χ4n) is 2.90. The Morgan fingerprint density at radius 2 is 2.08 bits per heavy atom. The van der Waals surface area contributed by atoms with Gasteiger partial charge in [0.15, 0.2) is 11.6 Å². The summed E-state index contributed by atoms with van der Waals surface area (Å²) in [5, 5.41) is 2.80. The SMILES string of the molecule is O=C1C[C@H](c2ccc(F)c(F)c2)c2ncn(-c3cccnc3)c2N1. The molecule has 1 aliphatic heterocycles. The molecule has 0 fully saturated rings. The van der Waals surface area contributed by atoms with Gasteiger partial charge in [-0.1, -0.05) is 6.07 Å². The zero-order chi connectivity index (χ0) is 16.7. The first-order chi connectivity index (χ1) is 11.6. The number of imidazole rings is 1. The summed E-state index contributed by atoms with van der Waals surface area (Å²) in [6, 6.07) is 7.27. The van der Waals surface area contributed by atoms with Crippen molar-refractivity contribution in [1.82, 2.24) is 14.5 Å². The molecular weight excluding hydrogens is 314 g/mol. The van der Waals surface area contributed by atoms with Gasteiger partial charge >= 0.3 is 0 Å². The third kappa shape index (κ3) is 2.34. The number of fused-ring (bicyclic) bond motifs is 1. The van der Waals surface area contributed by atoms with Crippen molar-refractivity contribution >= 4 is 11.7 Å². The van der Waals surface area contributed by atoms with E-state index >= 15 is 0 Å². The maximum atomic E-state index is 13.6. The van der Waals surface area contributed by atoms with Crippen LogP contribution in [0, 0.1) is 11.6 Å². The number of hydrogen-bond donors (Lipinski definition) is 1. The second kappa shape index (κ2) is 5.52. The second-order valence-corrected chi connectivity index (χ2v) is 5.54. The number of nitrogens with one attached hydrogen (secondary N) is 1. The van der Waals surface area contributed by atoms with Crippen molar-refractivity contribution in [1.29, 1.82) is 0 Å². The Balaban J connectivity index is 1.82. The average molecular weight is 326 g/mol. The van der Waals surface area contributed by atoms with Gasteiger partial charge in [-0.15, -0.1) is 0 Å². The minimum absolute atomic E-state index is 0.127. The molecule has 1 aromatic carbocycles. The summed E-state index contributed by atoms with van der Waals surface area (Å²) >= 11 is 0. The summed E-state index contributed by atoms with van der Waals surface area (Å²) in [5.41, 5.74) is 1.88. The van der Waals surface area contributed by atoms with E-state index in [1.54, 1.807) is 29.4 Å². The van der Waals surface area contributed by atoms with E-state index in [9.17, 15) is 13.6 Å². The Morgan fingerprint density at radius 3 is 2.83 bits per heavy atom. The number of hydrogen-bond acceptors (Lipinski definition) is 3. The van der Waals surface area contributed by atoms with Gasteiger partial charge in [0.2, 0.25) is 5.91 Å². The van der Waals surface area contributed by atoms with Crippen LogP contribution in [0.1, 0.15) is 23.6 Å². The van der Waals surface area contributed by atoms with E-state index in [1.807, 2.05) is 6.07 Å². The normalized spacial score (nSPS) is 16.6. The number of halogens is 2. The molecule has 3 heterocycles. The molecular formula is C17H12F2N4O. The molecule has 1 N–H and O–H groups in total. The van der Waals surface area contributed by atoms with Crippen LogP contribution in [-0.4, -0.2) is 20.4 Å². The van der Waals surface area contributed by atoms with Crippen LogP contribution in [0.4, 0.5) is 14.6 Å². The maximum Gasteiger partial charge on any atom is 0.226 e. The topological polar surface area (TPSA) is 59.8 Å². The molecule has 4 rings (SSSR count). The second-order valence-electron chi connectivity index (χ2n) is 5.54. The van der Waals surface area contributed by atoms with Gasteiger partial charge in [0.05, 0.1) is 17.6 Å². The van der Waals surface area contributed by atoms with E-state index in [4.69, 9.17) is 0 Å². The molecule has 0 saturated carbocycles. The number of nitrogens with zero attached hydrogens (tertiary/aromatic N) is 3. The molecule has 3 aromatic rings. The number of carbonyl (C=O) groups is 1. The lowest BCUT2D eigenvalue weighted by atomic mass is 9.90. The lowest BCUT2D eigenvalue weighted by Crippen LogP contribution is -2.25. The van der Waals surface area contributed by atoms with Crippen LogP contribution >= 0.6 is 0 Å². The molecule has 0 bridgehead atoms. The van der Waals surface area contributed by atoms with Crippen LogP contribution < -0.4 is 5.32 Å². The number of carbonyl (C=O) groups excluding carboxylic acids is 1. The van der Waals surface area contributed by atoms with E-state index in [2.05, 4.69) is 15.3 Å². The van der Waals surface area contributed by atoms with Crippen LogP contribution in [0.15, 0.2) is 49.1 Å². The first kappa shape index (κ1) is 14.5. The monoisotopic (exact) mass is 326 g/mol. The maximum absolute atomic E-state index is 13.6. The highest BCUT2D eigenvalue weighted by molar-refractivity contribution is 5.94.